The molecule has 0 spiro atoms. The topological polar surface area (TPSA) is 60.4 Å². The third-order valence-corrected chi connectivity index (χ3v) is 1.29. The van der Waals surface area contributed by atoms with Crippen LogP contribution in [-0.4, -0.2) is 43.7 Å². The van der Waals surface area contributed by atoms with Crippen LogP contribution in [0.25, 0.3) is 0 Å². The third kappa shape index (κ3) is 5.85. The van der Waals surface area contributed by atoms with E-state index in [0.29, 0.717) is 13.1 Å². The van der Waals surface area contributed by atoms with Gasteiger partial charge in [0.05, 0.1) is 19.5 Å². The van der Waals surface area contributed by atoms with Crippen molar-refractivity contribution in [1.82, 2.24) is 4.90 Å². The first kappa shape index (κ1) is 14.8. The standard InChI is InChI=1S/C6H9NO2.CH3O.Na/c1-7-3-5(8)2-6(9)4-7;1-2;/h2-4H2,1H3;1H3;/q;-1;+1. The Morgan fingerprint density at radius 1 is 1.17 bits per heavy atom. The molecule has 0 aromatic carbocycles. The van der Waals surface area contributed by atoms with Crippen LogP contribution in [0.4, 0.5) is 0 Å². The van der Waals surface area contributed by atoms with E-state index in [4.69, 9.17) is 5.11 Å². The molecule has 0 N–H and O–H groups in total. The first-order valence-electron chi connectivity index (χ1n) is 3.31. The molecule has 64 valence electrons. The number of piperidine rings is 1. The van der Waals surface area contributed by atoms with Gasteiger partial charge >= 0.3 is 29.6 Å². The molecule has 0 aromatic rings. The molecule has 0 aliphatic carbocycles. The first-order chi connectivity index (χ1) is 5.18. The van der Waals surface area contributed by atoms with Gasteiger partial charge in [-0.2, -0.15) is 7.11 Å². The molecule has 0 atom stereocenters. The van der Waals surface area contributed by atoms with Crippen molar-refractivity contribution in [3.63, 3.8) is 0 Å². The summed E-state index contributed by atoms with van der Waals surface area (Å²) in [6, 6.07) is 0. The Balaban J connectivity index is 0. The Kier molecular flexibility index (Phi) is 9.70. The monoisotopic (exact) mass is 181 g/mol. The smallest absolute Gasteiger partial charge is 0.857 e. The summed E-state index contributed by atoms with van der Waals surface area (Å²) in [6.45, 7) is 0.872. The number of hydrogen-bond acceptors (Lipinski definition) is 4. The second-order valence-corrected chi connectivity index (χ2v) is 2.43. The third-order valence-electron chi connectivity index (χ3n) is 1.29. The second kappa shape index (κ2) is 7.89. The molecule has 4 nitrogen and oxygen atoms in total. The zero-order valence-electron chi connectivity index (χ0n) is 7.79. The maximum atomic E-state index is 10.6. The summed E-state index contributed by atoms with van der Waals surface area (Å²) >= 11 is 0. The van der Waals surface area contributed by atoms with Crippen LogP contribution in [-0.2, 0) is 9.59 Å². The van der Waals surface area contributed by atoms with Crippen LogP contribution in [0.2, 0.25) is 0 Å². The summed E-state index contributed by atoms with van der Waals surface area (Å²) in [6.07, 6.45) is 0.143. The van der Waals surface area contributed by atoms with E-state index in [2.05, 4.69) is 0 Å². The predicted molar refractivity (Wildman–Crippen MR) is 38.1 cm³/mol. The molecule has 0 unspecified atom stereocenters. The van der Waals surface area contributed by atoms with Gasteiger partial charge in [-0.15, -0.1) is 0 Å². The van der Waals surface area contributed by atoms with Gasteiger partial charge in [0.15, 0.2) is 11.6 Å². The maximum Gasteiger partial charge on any atom is 1.00 e. The van der Waals surface area contributed by atoms with Crippen molar-refractivity contribution < 1.29 is 44.3 Å². The fraction of sp³-hybridized carbons (Fsp3) is 0.714. The van der Waals surface area contributed by atoms with Crippen LogP contribution in [0.15, 0.2) is 0 Å². The average molecular weight is 181 g/mol. The van der Waals surface area contributed by atoms with Crippen molar-refractivity contribution in [3.8, 4) is 0 Å². The largest absolute Gasteiger partial charge is 1.00 e. The summed E-state index contributed by atoms with van der Waals surface area (Å²) in [4.78, 5) is 23.0. The molecule has 0 radical (unpaired) electrons. The van der Waals surface area contributed by atoms with Gasteiger partial charge in [-0.05, 0) is 7.05 Å². The van der Waals surface area contributed by atoms with Crippen LogP contribution in [0, 0.1) is 0 Å². The molecule has 1 rings (SSSR count). The summed E-state index contributed by atoms with van der Waals surface area (Å²) in [5.41, 5.74) is 0. The van der Waals surface area contributed by atoms with Crippen LogP contribution in [0.5, 0.6) is 0 Å². The summed E-state index contributed by atoms with van der Waals surface area (Å²) < 4.78 is 0. The molecule has 5 heteroatoms. The number of carbonyl (C=O) groups excluding carboxylic acids is 2. The molecule has 1 heterocycles. The van der Waals surface area contributed by atoms with E-state index in [1.54, 1.807) is 11.9 Å². The van der Waals surface area contributed by atoms with Gasteiger partial charge < -0.3 is 5.11 Å². The minimum absolute atomic E-state index is 0. The SMILES string of the molecule is CN1CC(=O)CC(=O)C1.C[O-].[Na+]. The molecule has 0 amide bonds. The van der Waals surface area contributed by atoms with Gasteiger partial charge in [0.2, 0.25) is 0 Å². The molecule has 0 bridgehead atoms. The number of nitrogens with zero attached hydrogens (tertiary/aromatic N) is 1. The minimum Gasteiger partial charge on any atom is -0.857 e. The average Bonchev–Trinajstić information content (AvgIpc) is 1.88. The maximum absolute atomic E-state index is 10.6. The first-order valence-corrected chi connectivity index (χ1v) is 3.31. The Morgan fingerprint density at radius 3 is 1.75 bits per heavy atom. The van der Waals surface area contributed by atoms with Crippen molar-refractivity contribution in [3.05, 3.63) is 0 Å². The minimum atomic E-state index is 0. The Morgan fingerprint density at radius 2 is 1.50 bits per heavy atom. The summed E-state index contributed by atoms with van der Waals surface area (Å²) in [5.74, 6) is 0.0718. The number of Topliss-reactive ketones (excluding diaryl/α,β-unsaturated/α-hetero) is 2. The van der Waals surface area contributed by atoms with E-state index in [-0.39, 0.29) is 47.5 Å². The van der Waals surface area contributed by atoms with E-state index in [1.807, 2.05) is 0 Å². The van der Waals surface area contributed by atoms with E-state index < -0.39 is 0 Å². The van der Waals surface area contributed by atoms with Crippen LogP contribution in [0.3, 0.4) is 0 Å². The number of likely N-dealkylation sites (N-methyl/N-ethyl adjacent to an activating group) is 1. The van der Waals surface area contributed by atoms with Crippen LogP contribution in [0.1, 0.15) is 6.42 Å². The molecule has 0 aromatic heterocycles. The van der Waals surface area contributed by atoms with Crippen molar-refractivity contribution in [1.29, 1.82) is 0 Å². The van der Waals surface area contributed by atoms with Gasteiger partial charge in [0.1, 0.15) is 0 Å². The van der Waals surface area contributed by atoms with Gasteiger partial charge in [-0.25, -0.2) is 0 Å². The Hall–Kier alpha value is 0.260. The fourth-order valence-electron chi connectivity index (χ4n) is 0.990. The molecule has 0 saturated carbocycles. The number of likely N-dealkylation sites (tertiary alicyclic amines) is 1. The van der Waals surface area contributed by atoms with Crippen LogP contribution >= 0.6 is 0 Å². The Bertz CT molecular complexity index is 145. The molecule has 1 fully saturated rings. The van der Waals surface area contributed by atoms with E-state index in [9.17, 15) is 9.59 Å². The normalized spacial score (nSPS) is 17.6. The predicted octanol–water partition coefficient (Wildman–Crippen LogP) is -4.56. The Labute approximate surface area is 94.2 Å². The van der Waals surface area contributed by atoms with Gasteiger partial charge in [-0.1, -0.05) is 0 Å². The fourth-order valence-corrected chi connectivity index (χ4v) is 0.990. The van der Waals surface area contributed by atoms with E-state index >= 15 is 0 Å². The molecular formula is C7H12NNaO3. The molecular weight excluding hydrogens is 169 g/mol. The molecule has 1 aliphatic heterocycles. The van der Waals surface area contributed by atoms with Crippen molar-refractivity contribution in [2.24, 2.45) is 0 Å². The van der Waals surface area contributed by atoms with Gasteiger partial charge in [-0.3, -0.25) is 14.5 Å². The van der Waals surface area contributed by atoms with Crippen LogP contribution < -0.4 is 34.7 Å². The van der Waals surface area contributed by atoms with Crippen molar-refractivity contribution in [2.75, 3.05) is 27.2 Å². The number of carbonyl (C=O) groups is 2. The summed E-state index contributed by atoms with van der Waals surface area (Å²) in [7, 11) is 2.52. The zero-order valence-corrected chi connectivity index (χ0v) is 9.79. The van der Waals surface area contributed by atoms with Gasteiger partial charge in [0.25, 0.3) is 0 Å². The summed E-state index contributed by atoms with van der Waals surface area (Å²) in [5, 5.41) is 8.25. The molecule has 12 heavy (non-hydrogen) atoms. The number of ketones is 2. The van der Waals surface area contributed by atoms with Crippen molar-refractivity contribution >= 4 is 11.6 Å². The number of hydrogen-bond donors (Lipinski definition) is 0. The van der Waals surface area contributed by atoms with Crippen molar-refractivity contribution in [2.45, 2.75) is 6.42 Å². The molecule has 1 aliphatic rings. The van der Waals surface area contributed by atoms with E-state index in [0.717, 1.165) is 7.11 Å². The van der Waals surface area contributed by atoms with Gasteiger partial charge in [0, 0.05) is 0 Å². The second-order valence-electron chi connectivity index (χ2n) is 2.43. The van der Waals surface area contributed by atoms with E-state index in [1.165, 1.54) is 0 Å². The number of rotatable bonds is 0. The molecule has 1 saturated heterocycles. The zero-order chi connectivity index (χ0) is 8.85. The quantitative estimate of drug-likeness (QED) is 0.279.